The molecule has 0 bridgehead atoms. The van der Waals surface area contributed by atoms with E-state index in [1.807, 2.05) is 42.7 Å². The van der Waals surface area contributed by atoms with Gasteiger partial charge in [-0.2, -0.15) is 10.2 Å². The van der Waals surface area contributed by atoms with E-state index in [4.69, 9.17) is 0 Å². The maximum Gasteiger partial charge on any atom is 0.247 e. The van der Waals surface area contributed by atoms with Crippen molar-refractivity contribution in [2.75, 3.05) is 5.32 Å². The highest BCUT2D eigenvalue weighted by molar-refractivity contribution is 5.84. The SMILES string of the molecule is N#Cc1ccccc1Nc1nc2ccc(-c3ccc4cc[nH]c4c3)cn2n1. The van der Waals surface area contributed by atoms with Crippen LogP contribution in [-0.2, 0) is 0 Å². The van der Waals surface area contributed by atoms with Crippen molar-refractivity contribution in [2.24, 2.45) is 0 Å². The number of aromatic amines is 1. The molecule has 0 atom stereocenters. The van der Waals surface area contributed by atoms with Crippen LogP contribution in [0.1, 0.15) is 5.56 Å². The first-order chi connectivity index (χ1) is 13.3. The first-order valence-electron chi connectivity index (χ1n) is 8.50. The third-order valence-electron chi connectivity index (χ3n) is 4.51. The van der Waals surface area contributed by atoms with Gasteiger partial charge in [-0.05, 0) is 47.3 Å². The summed E-state index contributed by atoms with van der Waals surface area (Å²) < 4.78 is 1.74. The second-order valence-corrected chi connectivity index (χ2v) is 6.22. The molecule has 2 N–H and O–H groups in total. The highest BCUT2D eigenvalue weighted by Crippen LogP contribution is 2.25. The fraction of sp³-hybridized carbons (Fsp3) is 0. The monoisotopic (exact) mass is 350 g/mol. The van der Waals surface area contributed by atoms with E-state index >= 15 is 0 Å². The molecule has 5 aromatic rings. The minimum absolute atomic E-state index is 0.453. The van der Waals surface area contributed by atoms with Gasteiger partial charge in [0, 0.05) is 23.5 Å². The van der Waals surface area contributed by atoms with Gasteiger partial charge in [0.1, 0.15) is 6.07 Å². The molecule has 3 aromatic heterocycles. The number of anilines is 2. The lowest BCUT2D eigenvalue weighted by molar-refractivity contribution is 0.967. The molecular formula is C21H14N6. The molecular weight excluding hydrogens is 336 g/mol. The van der Waals surface area contributed by atoms with Gasteiger partial charge in [-0.3, -0.25) is 0 Å². The van der Waals surface area contributed by atoms with E-state index in [-0.39, 0.29) is 0 Å². The van der Waals surface area contributed by atoms with Crippen LogP contribution in [0.25, 0.3) is 27.7 Å². The summed E-state index contributed by atoms with van der Waals surface area (Å²) in [5, 5.41) is 18.0. The molecule has 6 nitrogen and oxygen atoms in total. The van der Waals surface area contributed by atoms with Crippen LogP contribution in [0.4, 0.5) is 11.6 Å². The van der Waals surface area contributed by atoms with Crippen LogP contribution >= 0.6 is 0 Å². The van der Waals surface area contributed by atoms with Crippen molar-refractivity contribution in [3.63, 3.8) is 0 Å². The zero-order valence-electron chi connectivity index (χ0n) is 14.2. The maximum atomic E-state index is 9.22. The van der Waals surface area contributed by atoms with Crippen molar-refractivity contribution >= 4 is 28.2 Å². The van der Waals surface area contributed by atoms with Gasteiger partial charge in [0.2, 0.25) is 5.95 Å². The average Bonchev–Trinajstić information content (AvgIpc) is 3.33. The van der Waals surface area contributed by atoms with Crippen molar-refractivity contribution in [3.8, 4) is 17.2 Å². The number of nitriles is 1. The topological polar surface area (TPSA) is 81.8 Å². The van der Waals surface area contributed by atoms with Crippen LogP contribution in [0.2, 0.25) is 0 Å². The summed E-state index contributed by atoms with van der Waals surface area (Å²) in [6.07, 6.45) is 3.89. The zero-order chi connectivity index (χ0) is 18.2. The number of pyridine rings is 1. The van der Waals surface area contributed by atoms with E-state index in [2.05, 4.69) is 50.7 Å². The van der Waals surface area contributed by atoms with Crippen molar-refractivity contribution in [2.45, 2.75) is 0 Å². The van der Waals surface area contributed by atoms with E-state index in [9.17, 15) is 5.26 Å². The third kappa shape index (κ3) is 2.68. The molecule has 27 heavy (non-hydrogen) atoms. The fourth-order valence-electron chi connectivity index (χ4n) is 3.14. The zero-order valence-corrected chi connectivity index (χ0v) is 14.2. The lowest BCUT2D eigenvalue weighted by atomic mass is 10.1. The summed E-state index contributed by atoms with van der Waals surface area (Å²) in [7, 11) is 0. The first-order valence-corrected chi connectivity index (χ1v) is 8.50. The number of aromatic nitrogens is 4. The first kappa shape index (κ1) is 15.2. The average molecular weight is 350 g/mol. The fourth-order valence-corrected chi connectivity index (χ4v) is 3.14. The van der Waals surface area contributed by atoms with Crippen molar-refractivity contribution in [3.05, 3.63) is 78.6 Å². The Morgan fingerprint density at radius 2 is 1.89 bits per heavy atom. The Balaban J connectivity index is 1.52. The molecule has 0 amide bonds. The Bertz CT molecular complexity index is 1320. The Morgan fingerprint density at radius 3 is 2.81 bits per heavy atom. The van der Waals surface area contributed by atoms with E-state index < -0.39 is 0 Å². The summed E-state index contributed by atoms with van der Waals surface area (Å²) >= 11 is 0. The summed E-state index contributed by atoms with van der Waals surface area (Å²) in [6, 6.07) is 21.8. The minimum atomic E-state index is 0.453. The van der Waals surface area contributed by atoms with Gasteiger partial charge >= 0.3 is 0 Å². The largest absolute Gasteiger partial charge is 0.361 e. The van der Waals surface area contributed by atoms with Gasteiger partial charge in [0.25, 0.3) is 0 Å². The highest BCUT2D eigenvalue weighted by atomic mass is 15.3. The number of fused-ring (bicyclic) bond motifs is 2. The Morgan fingerprint density at radius 1 is 1.00 bits per heavy atom. The molecule has 0 radical (unpaired) electrons. The van der Waals surface area contributed by atoms with Crippen molar-refractivity contribution < 1.29 is 0 Å². The number of para-hydroxylation sites is 1. The minimum Gasteiger partial charge on any atom is -0.361 e. The second kappa shape index (κ2) is 6.00. The summed E-state index contributed by atoms with van der Waals surface area (Å²) in [5.74, 6) is 0.453. The van der Waals surface area contributed by atoms with Crippen LogP contribution in [-0.4, -0.2) is 19.6 Å². The molecule has 0 aliphatic carbocycles. The molecule has 3 heterocycles. The number of H-pyrrole nitrogens is 1. The second-order valence-electron chi connectivity index (χ2n) is 6.22. The Labute approximate surface area is 154 Å². The van der Waals surface area contributed by atoms with Gasteiger partial charge in [-0.25, -0.2) is 4.52 Å². The van der Waals surface area contributed by atoms with Crippen LogP contribution in [0, 0.1) is 11.3 Å². The molecule has 128 valence electrons. The molecule has 0 aliphatic heterocycles. The molecule has 0 spiro atoms. The van der Waals surface area contributed by atoms with Crippen LogP contribution in [0.3, 0.4) is 0 Å². The smallest absolute Gasteiger partial charge is 0.247 e. The van der Waals surface area contributed by atoms with Gasteiger partial charge in [0.15, 0.2) is 5.65 Å². The highest BCUT2D eigenvalue weighted by Gasteiger charge is 2.08. The van der Waals surface area contributed by atoms with Gasteiger partial charge in [-0.15, -0.1) is 5.10 Å². The molecule has 6 heteroatoms. The quantitative estimate of drug-likeness (QED) is 0.502. The molecule has 0 aliphatic rings. The lowest BCUT2D eigenvalue weighted by Crippen LogP contribution is -1.95. The lowest BCUT2D eigenvalue weighted by Gasteiger charge is -2.03. The molecule has 0 fully saturated rings. The number of benzene rings is 2. The molecule has 0 saturated heterocycles. The van der Waals surface area contributed by atoms with Crippen LogP contribution < -0.4 is 5.32 Å². The molecule has 0 saturated carbocycles. The van der Waals surface area contributed by atoms with Gasteiger partial charge in [-0.1, -0.05) is 24.3 Å². The number of hydrogen-bond donors (Lipinski definition) is 2. The molecule has 5 rings (SSSR count). The normalized spacial score (nSPS) is 10.9. The Hall–Kier alpha value is -4.11. The third-order valence-corrected chi connectivity index (χ3v) is 4.51. The van der Waals surface area contributed by atoms with Gasteiger partial charge in [0.05, 0.1) is 11.3 Å². The summed E-state index contributed by atoms with van der Waals surface area (Å²) in [6.45, 7) is 0. The molecule has 2 aromatic carbocycles. The predicted octanol–water partition coefficient (Wildman–Crippen LogP) is 4.49. The maximum absolute atomic E-state index is 9.22. The Kier molecular flexibility index (Phi) is 3.37. The number of hydrogen-bond acceptors (Lipinski definition) is 4. The van der Waals surface area contributed by atoms with Crippen LogP contribution in [0.15, 0.2) is 73.1 Å². The van der Waals surface area contributed by atoms with E-state index in [0.717, 1.165) is 22.3 Å². The predicted molar refractivity (Wildman–Crippen MR) is 105 cm³/mol. The van der Waals surface area contributed by atoms with Crippen LogP contribution in [0.5, 0.6) is 0 Å². The number of nitrogens with one attached hydrogen (secondary N) is 2. The van der Waals surface area contributed by atoms with Crippen molar-refractivity contribution in [1.82, 2.24) is 19.6 Å². The number of nitrogens with zero attached hydrogens (tertiary/aromatic N) is 4. The summed E-state index contributed by atoms with van der Waals surface area (Å²) in [5.41, 5.74) is 5.22. The van der Waals surface area contributed by atoms with E-state index in [0.29, 0.717) is 17.2 Å². The van der Waals surface area contributed by atoms with E-state index in [1.54, 1.807) is 10.6 Å². The number of rotatable bonds is 3. The summed E-state index contributed by atoms with van der Waals surface area (Å²) in [4.78, 5) is 7.72. The van der Waals surface area contributed by atoms with Crippen molar-refractivity contribution in [1.29, 1.82) is 5.26 Å². The molecule has 0 unspecified atom stereocenters. The standard InChI is InChI=1S/C21H14N6/c22-12-16-3-1-2-4-18(16)24-21-25-20-8-7-17(13-27(20)26-21)15-6-5-14-9-10-23-19(14)11-15/h1-11,13,23H,(H,24,26). The van der Waals surface area contributed by atoms with E-state index in [1.165, 1.54) is 5.39 Å². The van der Waals surface area contributed by atoms with Gasteiger partial charge < -0.3 is 10.3 Å².